The number of amides is 1. The van der Waals surface area contributed by atoms with Gasteiger partial charge in [0.05, 0.1) is 24.9 Å². The maximum atomic E-state index is 12.7. The number of aryl methyl sites for hydroxylation is 2. The molecule has 0 radical (unpaired) electrons. The van der Waals surface area contributed by atoms with E-state index in [1.54, 1.807) is 0 Å². The number of nitrogens with zero attached hydrogens (tertiary/aromatic N) is 6. The number of carbonyl (C=O) groups excluding carboxylic acids is 1. The lowest BCUT2D eigenvalue weighted by molar-refractivity contribution is -0.0368. The highest BCUT2D eigenvalue weighted by Crippen LogP contribution is 2.44. The minimum atomic E-state index is -0.550. The molecule has 4 aliphatic heterocycles. The van der Waals surface area contributed by atoms with Crippen LogP contribution in [0.3, 0.4) is 0 Å². The van der Waals surface area contributed by atoms with Crippen LogP contribution in [0.5, 0.6) is 0 Å². The molecule has 7 rings (SSSR count). The average Bonchev–Trinajstić information content (AvgIpc) is 3.54. The Balaban J connectivity index is 1.16. The first-order valence-electron chi connectivity index (χ1n) is 16.7. The maximum absolute atomic E-state index is 12.7. The van der Waals surface area contributed by atoms with Crippen LogP contribution in [-0.2, 0) is 20.6 Å². The van der Waals surface area contributed by atoms with Gasteiger partial charge in [0, 0.05) is 37.3 Å². The van der Waals surface area contributed by atoms with E-state index in [1.165, 1.54) is 16.8 Å². The number of carbonyl (C=O) groups is 1. The molecule has 1 unspecified atom stereocenters. The molecule has 6 heterocycles. The van der Waals surface area contributed by atoms with Crippen LogP contribution < -0.4 is 15.1 Å². The van der Waals surface area contributed by atoms with Crippen molar-refractivity contribution in [2.24, 2.45) is 5.41 Å². The quantitative estimate of drug-likeness (QED) is 0.388. The molecule has 11 heteroatoms. The lowest BCUT2D eigenvalue weighted by atomic mass is 9.73. The molecule has 0 bridgehead atoms. The lowest BCUT2D eigenvalue weighted by Crippen LogP contribution is -2.55. The number of fused-ring (bicyclic) bond motifs is 2. The van der Waals surface area contributed by atoms with E-state index >= 15 is 0 Å². The van der Waals surface area contributed by atoms with Crippen molar-refractivity contribution in [1.82, 2.24) is 25.1 Å². The molecule has 3 fully saturated rings. The lowest BCUT2D eigenvalue weighted by Gasteiger charge is -2.42. The van der Waals surface area contributed by atoms with Crippen LogP contribution in [-0.4, -0.2) is 76.4 Å². The Hall–Kier alpha value is -3.44. The molecular formula is C34H47N7O4. The van der Waals surface area contributed by atoms with Crippen LogP contribution in [0.2, 0.25) is 0 Å². The summed E-state index contributed by atoms with van der Waals surface area (Å²) in [6, 6.07) is 6.58. The predicted molar refractivity (Wildman–Crippen MR) is 173 cm³/mol. The Morgan fingerprint density at radius 1 is 1.11 bits per heavy atom. The second-order valence-corrected chi connectivity index (χ2v) is 14.4. The molecule has 1 N–H and O–H groups in total. The maximum Gasteiger partial charge on any atom is 0.407 e. The predicted octanol–water partition coefficient (Wildman–Crippen LogP) is 5.82. The molecule has 242 valence electrons. The largest absolute Gasteiger partial charge is 0.444 e. The monoisotopic (exact) mass is 617 g/mol. The van der Waals surface area contributed by atoms with Crippen molar-refractivity contribution in [2.75, 3.05) is 42.6 Å². The number of anilines is 3. The Morgan fingerprint density at radius 2 is 1.93 bits per heavy atom. The van der Waals surface area contributed by atoms with E-state index in [-0.39, 0.29) is 29.9 Å². The van der Waals surface area contributed by atoms with E-state index in [0.29, 0.717) is 6.61 Å². The van der Waals surface area contributed by atoms with Gasteiger partial charge in [0.25, 0.3) is 0 Å². The molecule has 3 atom stereocenters. The fourth-order valence-corrected chi connectivity index (χ4v) is 7.60. The van der Waals surface area contributed by atoms with Gasteiger partial charge < -0.3 is 29.3 Å². The molecule has 4 aliphatic rings. The number of aromatic nitrogens is 4. The van der Waals surface area contributed by atoms with Crippen LogP contribution in [0.15, 0.2) is 24.4 Å². The molecule has 0 aliphatic carbocycles. The van der Waals surface area contributed by atoms with Gasteiger partial charge in [-0.05, 0) is 91.2 Å². The minimum Gasteiger partial charge on any atom is -0.444 e. The average molecular weight is 618 g/mol. The van der Waals surface area contributed by atoms with Crippen molar-refractivity contribution >= 4 is 34.6 Å². The van der Waals surface area contributed by atoms with Gasteiger partial charge in [0.2, 0.25) is 0 Å². The minimum absolute atomic E-state index is 0.0766. The number of rotatable bonds is 4. The summed E-state index contributed by atoms with van der Waals surface area (Å²) in [5.41, 5.74) is 4.74. The third kappa shape index (κ3) is 5.85. The molecule has 2 aromatic heterocycles. The number of hydrogen-bond acceptors (Lipinski definition) is 9. The van der Waals surface area contributed by atoms with Gasteiger partial charge in [-0.25, -0.2) is 19.4 Å². The van der Waals surface area contributed by atoms with Gasteiger partial charge >= 0.3 is 6.09 Å². The van der Waals surface area contributed by atoms with Crippen molar-refractivity contribution in [3.63, 3.8) is 0 Å². The topological polar surface area (TPSA) is 107 Å². The highest BCUT2D eigenvalue weighted by molar-refractivity contribution is 5.88. The summed E-state index contributed by atoms with van der Waals surface area (Å²) >= 11 is 0. The first kappa shape index (κ1) is 30.2. The number of hydrogen-bond donors (Lipinski definition) is 1. The fraction of sp³-hybridized carbons (Fsp3) is 0.647. The van der Waals surface area contributed by atoms with Crippen molar-refractivity contribution in [1.29, 1.82) is 0 Å². The summed E-state index contributed by atoms with van der Waals surface area (Å²) in [6.45, 7) is 13.7. The molecule has 1 amide bonds. The molecule has 3 saturated heterocycles. The zero-order valence-electron chi connectivity index (χ0n) is 27.3. The third-order valence-electron chi connectivity index (χ3n) is 9.93. The van der Waals surface area contributed by atoms with Gasteiger partial charge in [0.15, 0.2) is 23.2 Å². The van der Waals surface area contributed by atoms with Gasteiger partial charge in [-0.1, -0.05) is 17.7 Å². The van der Waals surface area contributed by atoms with Crippen molar-refractivity contribution < 1.29 is 19.0 Å². The highest BCUT2D eigenvalue weighted by atomic mass is 16.6. The first-order valence-corrected chi connectivity index (χ1v) is 16.7. The van der Waals surface area contributed by atoms with Crippen molar-refractivity contribution in [3.05, 3.63) is 35.5 Å². The normalized spacial score (nSPS) is 25.0. The Labute approximate surface area is 265 Å². The van der Waals surface area contributed by atoms with E-state index < -0.39 is 5.60 Å². The number of nitrogens with one attached hydrogen (secondary N) is 1. The summed E-state index contributed by atoms with van der Waals surface area (Å²) in [7, 11) is 0. The molecule has 1 spiro atoms. The van der Waals surface area contributed by atoms with Crippen LogP contribution in [0.25, 0.3) is 11.2 Å². The Bertz CT molecular complexity index is 1550. The van der Waals surface area contributed by atoms with E-state index in [9.17, 15) is 4.79 Å². The first-order chi connectivity index (χ1) is 21.6. The molecule has 11 nitrogen and oxygen atoms in total. The molecular weight excluding hydrogens is 570 g/mol. The Morgan fingerprint density at radius 3 is 2.69 bits per heavy atom. The summed E-state index contributed by atoms with van der Waals surface area (Å²) in [5, 5.41) is 8.33. The number of alkyl carbamates (subject to hydrolysis) is 1. The molecule has 0 saturated carbocycles. The molecule has 45 heavy (non-hydrogen) atoms. The van der Waals surface area contributed by atoms with Crippen molar-refractivity contribution in [3.8, 4) is 0 Å². The summed E-state index contributed by atoms with van der Waals surface area (Å²) < 4.78 is 19.9. The molecule has 3 aromatic rings. The zero-order chi connectivity index (χ0) is 31.3. The number of piperidine rings is 1. The summed E-state index contributed by atoms with van der Waals surface area (Å²) in [4.78, 5) is 27.6. The van der Waals surface area contributed by atoms with Crippen LogP contribution >= 0.6 is 0 Å². The van der Waals surface area contributed by atoms with Gasteiger partial charge in [-0.3, -0.25) is 0 Å². The van der Waals surface area contributed by atoms with E-state index in [0.717, 1.165) is 94.0 Å². The molecule has 1 aromatic carbocycles. The van der Waals surface area contributed by atoms with Gasteiger partial charge in [-0.2, -0.15) is 0 Å². The van der Waals surface area contributed by atoms with Crippen LogP contribution in [0.1, 0.15) is 83.6 Å². The van der Waals surface area contributed by atoms with E-state index in [4.69, 9.17) is 29.3 Å². The zero-order valence-corrected chi connectivity index (χ0v) is 27.3. The van der Waals surface area contributed by atoms with E-state index in [2.05, 4.69) is 40.2 Å². The number of benzene rings is 1. The summed E-state index contributed by atoms with van der Waals surface area (Å²) in [5.74, 6) is 1.70. The third-order valence-corrected chi connectivity index (χ3v) is 9.93. The second kappa shape index (κ2) is 11.7. The van der Waals surface area contributed by atoms with Crippen molar-refractivity contribution in [2.45, 2.75) is 104 Å². The van der Waals surface area contributed by atoms with Gasteiger partial charge in [-0.15, -0.1) is 5.10 Å². The summed E-state index contributed by atoms with van der Waals surface area (Å²) in [6.07, 6.45) is 8.26. The van der Waals surface area contributed by atoms with Crippen LogP contribution in [0, 0.1) is 12.3 Å². The van der Waals surface area contributed by atoms with E-state index in [1.807, 2.05) is 38.6 Å². The fourth-order valence-electron chi connectivity index (χ4n) is 7.60. The Kier molecular flexibility index (Phi) is 7.88. The van der Waals surface area contributed by atoms with Gasteiger partial charge in [0.1, 0.15) is 11.4 Å². The SMILES string of the molecule is Cc1ccc2c(c1)CCCN2c1nn(C2CCCCO2)c2nc(N3CCC4(CC3)CO[C@@H](C)[C@H]4NC(=O)OC(C)(C)C)cnc12. The highest BCUT2D eigenvalue weighted by Gasteiger charge is 2.50. The van der Waals surface area contributed by atoms with Crippen LogP contribution in [0.4, 0.5) is 22.1 Å². The standard InChI is InChI=1S/C34H47N7O4/c1-22-11-12-25-24(19-22)9-8-15-40(25)31-28-30(41(38-31)27-10-6-7-18-43-27)36-26(20-35-28)39-16-13-34(14-17-39)21-44-23(2)29(34)37-32(42)45-33(3,4)5/h11-12,19-20,23,27,29H,6-10,13-18,21H2,1-5H3,(H,37,42)/t23-,27?,29+/m0/s1. The smallest absolute Gasteiger partial charge is 0.407 e. The second-order valence-electron chi connectivity index (χ2n) is 14.4. The number of ether oxygens (including phenoxy) is 3.